The molecule has 0 bridgehead atoms. The molecule has 0 heterocycles. The molecule has 0 saturated heterocycles. The summed E-state index contributed by atoms with van der Waals surface area (Å²) in [6, 6.07) is 0.104. The average Bonchev–Trinajstić information content (AvgIpc) is 2.46. The summed E-state index contributed by atoms with van der Waals surface area (Å²) < 4.78 is 12.0. The molecule has 1 aliphatic rings. The van der Waals surface area contributed by atoms with Gasteiger partial charge in [0.1, 0.15) is 5.60 Å². The predicted octanol–water partition coefficient (Wildman–Crippen LogP) is 5.07. The largest absolute Gasteiger partial charge is 0.444 e. The van der Waals surface area contributed by atoms with E-state index in [2.05, 4.69) is 44.5 Å². The highest BCUT2D eigenvalue weighted by Crippen LogP contribution is 2.40. The zero-order valence-corrected chi connectivity index (χ0v) is 20.2. The van der Waals surface area contributed by atoms with Crippen LogP contribution in [0.3, 0.4) is 0 Å². The number of carbonyl (C=O) groups is 1. The fraction of sp³-hybridized carbons (Fsp3) is 0.952. The first kappa shape index (κ1) is 24.4. The number of carbonyl (C=O) groups excluding carboxylic acids is 1. The van der Waals surface area contributed by atoms with E-state index in [1.54, 1.807) is 0 Å². The molecular formula is C21H44N2O3Si. The molecule has 1 fully saturated rings. The monoisotopic (exact) mass is 400 g/mol. The molecule has 0 aromatic heterocycles. The molecule has 0 spiro atoms. The molecule has 0 aromatic carbocycles. The van der Waals surface area contributed by atoms with E-state index < -0.39 is 13.9 Å². The Bertz CT molecular complexity index is 461. The maximum atomic E-state index is 12.1. The van der Waals surface area contributed by atoms with Gasteiger partial charge in [-0.15, -0.1) is 0 Å². The number of rotatable bonds is 7. The van der Waals surface area contributed by atoms with Gasteiger partial charge in [0, 0.05) is 18.7 Å². The normalized spacial score (nSPS) is 23.0. The lowest BCUT2D eigenvalue weighted by Crippen LogP contribution is -2.46. The Balaban J connectivity index is 2.49. The first-order valence-corrected chi connectivity index (χ1v) is 13.5. The van der Waals surface area contributed by atoms with Crippen molar-refractivity contribution in [1.82, 2.24) is 10.6 Å². The fourth-order valence-corrected chi connectivity index (χ4v) is 4.82. The minimum absolute atomic E-state index is 0.104. The van der Waals surface area contributed by atoms with Crippen LogP contribution in [0.2, 0.25) is 18.1 Å². The van der Waals surface area contributed by atoms with Crippen LogP contribution in [0, 0.1) is 5.92 Å². The lowest BCUT2D eigenvalue weighted by Gasteiger charge is -2.41. The van der Waals surface area contributed by atoms with E-state index in [1.165, 1.54) is 12.8 Å². The Hall–Kier alpha value is -0.593. The van der Waals surface area contributed by atoms with E-state index in [9.17, 15) is 4.79 Å². The lowest BCUT2D eigenvalue weighted by molar-refractivity contribution is 0.0488. The van der Waals surface area contributed by atoms with Crippen LogP contribution in [0.15, 0.2) is 0 Å². The highest BCUT2D eigenvalue weighted by Gasteiger charge is 2.40. The lowest BCUT2D eigenvalue weighted by atomic mass is 9.83. The Morgan fingerprint density at radius 1 is 1.07 bits per heavy atom. The summed E-state index contributed by atoms with van der Waals surface area (Å²) in [5, 5.41) is 6.50. The van der Waals surface area contributed by atoms with Crippen molar-refractivity contribution in [2.24, 2.45) is 5.92 Å². The molecular weight excluding hydrogens is 356 g/mol. The van der Waals surface area contributed by atoms with Gasteiger partial charge in [0.05, 0.1) is 0 Å². The molecule has 6 heteroatoms. The van der Waals surface area contributed by atoms with Crippen LogP contribution in [0.5, 0.6) is 0 Å². The molecule has 0 aromatic rings. The molecule has 27 heavy (non-hydrogen) atoms. The van der Waals surface area contributed by atoms with E-state index in [1.807, 2.05) is 27.8 Å². The molecule has 5 nitrogen and oxygen atoms in total. The van der Waals surface area contributed by atoms with Crippen molar-refractivity contribution in [3.63, 3.8) is 0 Å². The molecule has 2 N–H and O–H groups in total. The number of likely N-dealkylation sites (N-methyl/N-ethyl adjacent to an activating group) is 1. The highest BCUT2D eigenvalue weighted by molar-refractivity contribution is 6.74. The van der Waals surface area contributed by atoms with E-state index in [0.717, 1.165) is 25.8 Å². The first-order valence-electron chi connectivity index (χ1n) is 10.6. The number of ether oxygens (including phenoxy) is 1. The Labute approximate surface area is 168 Å². The third-order valence-electron chi connectivity index (χ3n) is 5.85. The van der Waals surface area contributed by atoms with Gasteiger partial charge in [-0.05, 0) is 84.0 Å². The topological polar surface area (TPSA) is 59.6 Å². The molecule has 1 aliphatic carbocycles. The van der Waals surface area contributed by atoms with Crippen molar-refractivity contribution in [2.75, 3.05) is 13.6 Å². The summed E-state index contributed by atoms with van der Waals surface area (Å²) in [5.41, 5.74) is -0.465. The smallest absolute Gasteiger partial charge is 0.407 e. The van der Waals surface area contributed by atoms with E-state index in [-0.39, 0.29) is 17.2 Å². The third-order valence-corrected chi connectivity index (χ3v) is 10.4. The van der Waals surface area contributed by atoms with E-state index >= 15 is 0 Å². The van der Waals surface area contributed by atoms with Crippen molar-refractivity contribution in [1.29, 1.82) is 0 Å². The van der Waals surface area contributed by atoms with Crippen LogP contribution in [-0.4, -0.2) is 45.7 Å². The second-order valence-electron chi connectivity index (χ2n) is 10.7. The van der Waals surface area contributed by atoms with E-state index in [0.29, 0.717) is 12.0 Å². The summed E-state index contributed by atoms with van der Waals surface area (Å²) in [6.07, 6.45) is 5.70. The zero-order valence-electron chi connectivity index (χ0n) is 19.2. The Morgan fingerprint density at radius 3 is 2.07 bits per heavy atom. The molecule has 0 radical (unpaired) electrons. The fourth-order valence-electron chi connectivity index (χ4n) is 3.40. The quantitative estimate of drug-likeness (QED) is 0.586. The van der Waals surface area contributed by atoms with Crippen LogP contribution in [0.1, 0.15) is 73.6 Å². The summed E-state index contributed by atoms with van der Waals surface area (Å²) in [6.45, 7) is 18.0. The molecule has 1 saturated carbocycles. The standard InChI is InChI=1S/C21H44N2O3Si/c1-20(2,3)25-19(24)23-17(15-22-7)14-16-10-12-18(13-11-16)26-27(8,9)21(4,5)6/h16-18,22H,10-15H2,1-9H3,(H,23,24). The SMILES string of the molecule is CNCC(CC1CCC(O[Si](C)(C)C(C)(C)C)CC1)NC(=O)OC(C)(C)C. The van der Waals surface area contributed by atoms with Crippen molar-refractivity contribution in [2.45, 2.75) is 110 Å². The zero-order chi connectivity index (χ0) is 20.9. The molecule has 0 aliphatic heterocycles. The van der Waals surface area contributed by atoms with Crippen LogP contribution >= 0.6 is 0 Å². The summed E-state index contributed by atoms with van der Waals surface area (Å²) in [4.78, 5) is 12.1. The second-order valence-corrected chi connectivity index (χ2v) is 15.4. The summed E-state index contributed by atoms with van der Waals surface area (Å²) in [5.74, 6) is 0.637. The van der Waals surface area contributed by atoms with Crippen LogP contribution in [0.25, 0.3) is 0 Å². The molecule has 160 valence electrons. The Morgan fingerprint density at radius 2 is 1.63 bits per heavy atom. The molecule has 1 atom stereocenters. The van der Waals surface area contributed by atoms with Crippen LogP contribution in [0.4, 0.5) is 4.79 Å². The van der Waals surface area contributed by atoms with Gasteiger partial charge in [-0.1, -0.05) is 20.8 Å². The second kappa shape index (κ2) is 9.75. The van der Waals surface area contributed by atoms with Gasteiger partial charge in [-0.3, -0.25) is 0 Å². The van der Waals surface area contributed by atoms with Gasteiger partial charge in [-0.25, -0.2) is 4.79 Å². The molecule has 1 amide bonds. The van der Waals surface area contributed by atoms with Crippen LogP contribution in [-0.2, 0) is 9.16 Å². The summed E-state index contributed by atoms with van der Waals surface area (Å²) in [7, 11) is 0.237. The van der Waals surface area contributed by atoms with Crippen molar-refractivity contribution < 1.29 is 14.0 Å². The highest BCUT2D eigenvalue weighted by atomic mass is 28.4. The maximum absolute atomic E-state index is 12.1. The van der Waals surface area contributed by atoms with Gasteiger partial charge < -0.3 is 19.8 Å². The van der Waals surface area contributed by atoms with Crippen molar-refractivity contribution in [3.8, 4) is 0 Å². The minimum Gasteiger partial charge on any atom is -0.444 e. The number of hydrogen-bond donors (Lipinski definition) is 2. The van der Waals surface area contributed by atoms with Gasteiger partial charge in [0.25, 0.3) is 0 Å². The van der Waals surface area contributed by atoms with E-state index in [4.69, 9.17) is 9.16 Å². The minimum atomic E-state index is -1.69. The number of nitrogens with one attached hydrogen (secondary N) is 2. The van der Waals surface area contributed by atoms with Gasteiger partial charge in [-0.2, -0.15) is 0 Å². The average molecular weight is 401 g/mol. The number of amides is 1. The van der Waals surface area contributed by atoms with Gasteiger partial charge in [0.15, 0.2) is 8.32 Å². The predicted molar refractivity (Wildman–Crippen MR) is 116 cm³/mol. The maximum Gasteiger partial charge on any atom is 0.407 e. The number of hydrogen-bond acceptors (Lipinski definition) is 4. The first-order chi connectivity index (χ1) is 12.2. The number of alkyl carbamates (subject to hydrolysis) is 1. The Kier molecular flexibility index (Phi) is 8.82. The molecule has 1 rings (SSSR count). The van der Waals surface area contributed by atoms with Crippen molar-refractivity contribution >= 4 is 14.4 Å². The van der Waals surface area contributed by atoms with Gasteiger partial charge >= 0.3 is 6.09 Å². The van der Waals surface area contributed by atoms with Crippen molar-refractivity contribution in [3.05, 3.63) is 0 Å². The van der Waals surface area contributed by atoms with Crippen LogP contribution < -0.4 is 10.6 Å². The summed E-state index contributed by atoms with van der Waals surface area (Å²) >= 11 is 0. The van der Waals surface area contributed by atoms with Gasteiger partial charge in [0.2, 0.25) is 0 Å². The third kappa shape index (κ3) is 8.96. The molecule has 1 unspecified atom stereocenters.